The highest BCUT2D eigenvalue weighted by Crippen LogP contribution is 2.39. The first-order valence-electron chi connectivity index (χ1n) is 6.90. The fourth-order valence-electron chi connectivity index (χ4n) is 2.76. The van der Waals surface area contributed by atoms with Crippen molar-refractivity contribution in [2.75, 3.05) is 5.32 Å². The average molecular weight is 273 g/mol. The molecule has 20 heavy (non-hydrogen) atoms. The Morgan fingerprint density at radius 1 is 1.00 bits per heavy atom. The summed E-state index contributed by atoms with van der Waals surface area (Å²) in [5, 5.41) is 3.28. The summed E-state index contributed by atoms with van der Waals surface area (Å²) in [4.78, 5) is 0. The predicted octanol–water partition coefficient (Wildman–Crippen LogP) is 4.63. The molecule has 2 aromatic carbocycles. The van der Waals surface area contributed by atoms with Crippen LogP contribution in [0, 0.1) is 18.6 Å². The molecule has 1 fully saturated rings. The maximum absolute atomic E-state index is 13.7. The largest absolute Gasteiger partial charge is 0.380 e. The molecular weight excluding hydrogens is 256 g/mol. The van der Waals surface area contributed by atoms with Gasteiger partial charge < -0.3 is 5.32 Å². The smallest absolute Gasteiger partial charge is 0.146 e. The molecule has 1 nitrogen and oxygen atoms in total. The summed E-state index contributed by atoms with van der Waals surface area (Å²) in [6, 6.07) is 12.1. The van der Waals surface area contributed by atoms with Gasteiger partial charge in [-0.1, -0.05) is 24.3 Å². The summed E-state index contributed by atoms with van der Waals surface area (Å²) in [5.74, 6) is 0.0418. The molecule has 3 rings (SSSR count). The van der Waals surface area contributed by atoms with E-state index < -0.39 is 0 Å². The molecule has 0 atom stereocenters. The van der Waals surface area contributed by atoms with Crippen LogP contribution in [0.25, 0.3) is 0 Å². The van der Waals surface area contributed by atoms with Gasteiger partial charge in [0.2, 0.25) is 0 Å². The van der Waals surface area contributed by atoms with Crippen molar-refractivity contribution in [3.63, 3.8) is 0 Å². The van der Waals surface area contributed by atoms with Crippen LogP contribution in [0.3, 0.4) is 0 Å². The van der Waals surface area contributed by atoms with Crippen LogP contribution in [0.15, 0.2) is 42.5 Å². The van der Waals surface area contributed by atoms with Crippen molar-refractivity contribution >= 4 is 5.69 Å². The van der Waals surface area contributed by atoms with E-state index in [0.717, 1.165) is 24.0 Å². The number of anilines is 1. The third-order valence-corrected chi connectivity index (χ3v) is 4.05. The average Bonchev–Trinajstić information content (AvgIpc) is 2.38. The number of nitrogens with one attached hydrogen (secondary N) is 1. The van der Waals surface area contributed by atoms with Crippen LogP contribution in [-0.4, -0.2) is 6.04 Å². The molecule has 1 saturated carbocycles. The molecule has 0 aromatic heterocycles. The van der Waals surface area contributed by atoms with Crippen LogP contribution in [0.4, 0.5) is 14.5 Å². The Bertz CT molecular complexity index is 581. The Morgan fingerprint density at radius 3 is 2.35 bits per heavy atom. The van der Waals surface area contributed by atoms with E-state index in [2.05, 4.69) is 5.32 Å². The topological polar surface area (TPSA) is 12.0 Å². The molecule has 0 spiro atoms. The van der Waals surface area contributed by atoms with Gasteiger partial charge in [0.05, 0.1) is 5.69 Å². The highest BCUT2D eigenvalue weighted by atomic mass is 19.1. The van der Waals surface area contributed by atoms with Crippen LogP contribution in [0.1, 0.15) is 29.9 Å². The summed E-state index contributed by atoms with van der Waals surface area (Å²) >= 11 is 0. The number of benzene rings is 2. The van der Waals surface area contributed by atoms with E-state index in [1.807, 2.05) is 25.1 Å². The Kier molecular flexibility index (Phi) is 3.43. The van der Waals surface area contributed by atoms with Gasteiger partial charge in [-0.15, -0.1) is 0 Å². The molecule has 0 bridgehead atoms. The van der Waals surface area contributed by atoms with E-state index in [1.165, 1.54) is 18.2 Å². The number of aryl methyl sites for hydroxylation is 1. The van der Waals surface area contributed by atoms with Gasteiger partial charge in [-0.25, -0.2) is 8.78 Å². The molecule has 0 unspecified atom stereocenters. The minimum atomic E-state index is -0.204. The van der Waals surface area contributed by atoms with E-state index in [0.29, 0.717) is 17.6 Å². The number of para-hydroxylation sites is 1. The van der Waals surface area contributed by atoms with Crippen LogP contribution in [0.2, 0.25) is 0 Å². The van der Waals surface area contributed by atoms with Gasteiger partial charge in [0, 0.05) is 6.04 Å². The first-order valence-corrected chi connectivity index (χ1v) is 6.90. The second kappa shape index (κ2) is 5.23. The maximum atomic E-state index is 13.7. The molecule has 0 heterocycles. The van der Waals surface area contributed by atoms with E-state index >= 15 is 0 Å². The zero-order chi connectivity index (χ0) is 14.1. The van der Waals surface area contributed by atoms with Gasteiger partial charge in [0.15, 0.2) is 0 Å². The summed E-state index contributed by atoms with van der Waals surface area (Å²) in [7, 11) is 0. The van der Waals surface area contributed by atoms with Gasteiger partial charge in [0.25, 0.3) is 0 Å². The fourth-order valence-corrected chi connectivity index (χ4v) is 2.76. The molecule has 0 amide bonds. The standard InChI is InChI=1S/C17H17F2N/c1-11-3-2-4-16(19)17(11)20-15-9-13(10-15)12-5-7-14(18)8-6-12/h2-8,13,15,20H,9-10H2,1H3. The molecule has 0 aliphatic heterocycles. The fraction of sp³-hybridized carbons (Fsp3) is 0.294. The minimum absolute atomic E-state index is 0.199. The van der Waals surface area contributed by atoms with Crippen molar-refractivity contribution in [1.29, 1.82) is 0 Å². The molecule has 1 aliphatic rings. The van der Waals surface area contributed by atoms with Crippen molar-refractivity contribution in [1.82, 2.24) is 0 Å². The Labute approximate surface area is 117 Å². The lowest BCUT2D eigenvalue weighted by Gasteiger charge is -2.37. The summed E-state index contributed by atoms with van der Waals surface area (Å²) < 4.78 is 26.6. The normalized spacial score (nSPS) is 21.4. The van der Waals surface area contributed by atoms with E-state index in [9.17, 15) is 8.78 Å². The highest BCUT2D eigenvalue weighted by molar-refractivity contribution is 5.53. The Balaban J connectivity index is 1.62. The van der Waals surface area contributed by atoms with Crippen molar-refractivity contribution in [2.45, 2.75) is 31.7 Å². The molecule has 104 valence electrons. The first-order chi connectivity index (χ1) is 9.63. The van der Waals surface area contributed by atoms with Gasteiger partial charge in [-0.05, 0) is 55.0 Å². The van der Waals surface area contributed by atoms with Crippen molar-refractivity contribution in [2.24, 2.45) is 0 Å². The van der Waals surface area contributed by atoms with Crippen molar-refractivity contribution < 1.29 is 8.78 Å². The number of halogens is 2. The number of rotatable bonds is 3. The van der Waals surface area contributed by atoms with Crippen LogP contribution in [-0.2, 0) is 0 Å². The van der Waals surface area contributed by atoms with E-state index in [-0.39, 0.29) is 11.6 Å². The highest BCUT2D eigenvalue weighted by Gasteiger charge is 2.30. The minimum Gasteiger partial charge on any atom is -0.380 e. The number of hydrogen-bond donors (Lipinski definition) is 1. The Morgan fingerprint density at radius 2 is 1.70 bits per heavy atom. The second-order valence-electron chi connectivity index (χ2n) is 5.49. The van der Waals surface area contributed by atoms with E-state index in [4.69, 9.17) is 0 Å². The van der Waals surface area contributed by atoms with Crippen LogP contribution < -0.4 is 5.32 Å². The lowest BCUT2D eigenvalue weighted by Crippen LogP contribution is -2.34. The lowest BCUT2D eigenvalue weighted by molar-refractivity contribution is 0.372. The number of hydrogen-bond acceptors (Lipinski definition) is 1. The monoisotopic (exact) mass is 273 g/mol. The Hall–Kier alpha value is -1.90. The zero-order valence-electron chi connectivity index (χ0n) is 11.4. The van der Waals surface area contributed by atoms with Crippen molar-refractivity contribution in [3.8, 4) is 0 Å². The zero-order valence-corrected chi connectivity index (χ0v) is 11.4. The summed E-state index contributed by atoms with van der Waals surface area (Å²) in [5.41, 5.74) is 2.69. The molecular formula is C17H17F2N. The predicted molar refractivity (Wildman–Crippen MR) is 76.9 cm³/mol. The van der Waals surface area contributed by atoms with Gasteiger partial charge in [0.1, 0.15) is 11.6 Å². The molecule has 0 saturated heterocycles. The second-order valence-corrected chi connectivity index (χ2v) is 5.49. The maximum Gasteiger partial charge on any atom is 0.146 e. The third kappa shape index (κ3) is 2.53. The molecule has 2 aromatic rings. The van der Waals surface area contributed by atoms with Crippen LogP contribution in [0.5, 0.6) is 0 Å². The SMILES string of the molecule is Cc1cccc(F)c1NC1CC(c2ccc(F)cc2)C1. The van der Waals surface area contributed by atoms with Gasteiger partial charge >= 0.3 is 0 Å². The van der Waals surface area contributed by atoms with Gasteiger partial charge in [-0.2, -0.15) is 0 Å². The summed E-state index contributed by atoms with van der Waals surface area (Å²) in [6.45, 7) is 1.90. The van der Waals surface area contributed by atoms with Crippen LogP contribution >= 0.6 is 0 Å². The van der Waals surface area contributed by atoms with Crippen molar-refractivity contribution in [3.05, 3.63) is 65.2 Å². The lowest BCUT2D eigenvalue weighted by atomic mass is 9.75. The van der Waals surface area contributed by atoms with Gasteiger partial charge in [-0.3, -0.25) is 0 Å². The molecule has 1 N–H and O–H groups in total. The summed E-state index contributed by atoms with van der Waals surface area (Å²) in [6.07, 6.45) is 1.92. The molecule has 1 aliphatic carbocycles. The molecule has 3 heteroatoms. The third-order valence-electron chi connectivity index (χ3n) is 4.05. The van der Waals surface area contributed by atoms with E-state index in [1.54, 1.807) is 6.07 Å². The molecule has 0 radical (unpaired) electrons. The first kappa shape index (κ1) is 13.1. The quantitative estimate of drug-likeness (QED) is 0.859.